The van der Waals surface area contributed by atoms with Crippen molar-refractivity contribution in [1.82, 2.24) is 0 Å². The van der Waals surface area contributed by atoms with Gasteiger partial charge < -0.3 is 5.32 Å². The summed E-state index contributed by atoms with van der Waals surface area (Å²) in [5.74, 6) is 1.07. The Morgan fingerprint density at radius 2 is 2.11 bits per heavy atom. The minimum atomic E-state index is -0.122. The molecule has 1 aliphatic rings. The fourth-order valence-electron chi connectivity index (χ4n) is 1.83. The minimum absolute atomic E-state index is 0.0394. The highest BCUT2D eigenvalue weighted by Gasteiger charge is 2.19. The van der Waals surface area contributed by atoms with Gasteiger partial charge >= 0.3 is 0 Å². The van der Waals surface area contributed by atoms with Crippen molar-refractivity contribution in [2.75, 3.05) is 17.6 Å². The molecule has 1 aromatic carbocycles. The molecule has 0 spiro atoms. The van der Waals surface area contributed by atoms with Gasteiger partial charge in [-0.15, -0.1) is 0 Å². The maximum atomic E-state index is 12.2. The van der Waals surface area contributed by atoms with Crippen molar-refractivity contribution in [3.63, 3.8) is 0 Å². The summed E-state index contributed by atoms with van der Waals surface area (Å²) in [6.45, 7) is 6.82. The fourth-order valence-corrected chi connectivity index (χ4v) is 3.96. The molecular weight excluding hydrogens is 276 g/mol. The molecule has 1 atom stereocenters. The van der Waals surface area contributed by atoms with Crippen molar-refractivity contribution in [2.45, 2.75) is 26.0 Å². The van der Waals surface area contributed by atoms with Gasteiger partial charge in [0.05, 0.1) is 11.8 Å². The molecule has 1 unspecified atom stereocenters. The molecule has 0 fully saturated rings. The van der Waals surface area contributed by atoms with Crippen LogP contribution in [0.4, 0.5) is 5.69 Å². The number of hydrogen-bond donors (Lipinski definition) is 1. The number of carbonyl (C=O) groups excluding carboxylic acids is 1. The first-order valence-corrected chi connectivity index (χ1v) is 8.15. The van der Waals surface area contributed by atoms with E-state index in [4.69, 9.17) is 0 Å². The van der Waals surface area contributed by atoms with Crippen LogP contribution in [0.3, 0.4) is 0 Å². The number of amides is 1. The topological polar surface area (TPSA) is 41.5 Å². The van der Waals surface area contributed by atoms with Gasteiger partial charge in [0.1, 0.15) is 4.38 Å². The number of nitrogens with one attached hydrogen (secondary N) is 1. The van der Waals surface area contributed by atoms with Gasteiger partial charge in [-0.25, -0.2) is 0 Å². The van der Waals surface area contributed by atoms with E-state index < -0.39 is 0 Å². The van der Waals surface area contributed by atoms with E-state index in [0.29, 0.717) is 0 Å². The lowest BCUT2D eigenvalue weighted by molar-refractivity contribution is -0.115. The van der Waals surface area contributed by atoms with Crippen LogP contribution in [0.5, 0.6) is 0 Å². The molecule has 0 saturated heterocycles. The number of hydrogen-bond acceptors (Lipinski definition) is 4. The molecule has 0 bridgehead atoms. The van der Waals surface area contributed by atoms with Crippen molar-refractivity contribution in [3.8, 4) is 0 Å². The first-order chi connectivity index (χ1) is 9.08. The highest BCUT2D eigenvalue weighted by atomic mass is 32.2. The number of aliphatic imine (C=N–C) groups is 1. The summed E-state index contributed by atoms with van der Waals surface area (Å²) in [5.41, 5.74) is 3.12. The first kappa shape index (κ1) is 14.5. The smallest absolute Gasteiger partial charge is 0.237 e. The molecule has 2 rings (SSSR count). The molecule has 0 radical (unpaired) electrons. The van der Waals surface area contributed by atoms with E-state index >= 15 is 0 Å². The van der Waals surface area contributed by atoms with Gasteiger partial charge in [0.2, 0.25) is 5.91 Å². The molecule has 1 N–H and O–H groups in total. The number of benzene rings is 1. The Bertz CT molecular complexity index is 494. The zero-order valence-electron chi connectivity index (χ0n) is 11.4. The number of rotatable bonds is 3. The maximum Gasteiger partial charge on any atom is 0.237 e. The van der Waals surface area contributed by atoms with Crippen LogP contribution in [0.15, 0.2) is 23.2 Å². The summed E-state index contributed by atoms with van der Waals surface area (Å²) in [5, 5.41) is 2.91. The van der Waals surface area contributed by atoms with Crippen molar-refractivity contribution in [3.05, 3.63) is 29.3 Å². The molecule has 0 saturated carbocycles. The van der Waals surface area contributed by atoms with Crippen molar-refractivity contribution in [2.24, 2.45) is 4.99 Å². The van der Waals surface area contributed by atoms with Gasteiger partial charge in [-0.3, -0.25) is 9.79 Å². The van der Waals surface area contributed by atoms with Crippen LogP contribution in [0.1, 0.15) is 18.1 Å². The zero-order chi connectivity index (χ0) is 13.8. The molecule has 1 aliphatic heterocycles. The Labute approximate surface area is 122 Å². The summed E-state index contributed by atoms with van der Waals surface area (Å²) in [6.07, 6.45) is 0. The SMILES string of the molecule is Cc1cccc(C)c1NC(=O)C(C)SC1=NCCS1. The second-order valence-electron chi connectivity index (χ2n) is 4.51. The number of aryl methyl sites for hydroxylation is 2. The molecule has 0 aliphatic carbocycles. The van der Waals surface area contributed by atoms with Crippen LogP contribution in [0, 0.1) is 13.8 Å². The Morgan fingerprint density at radius 3 is 2.68 bits per heavy atom. The second kappa shape index (κ2) is 6.48. The molecular formula is C14H18N2OS2. The van der Waals surface area contributed by atoms with Crippen molar-refractivity contribution in [1.29, 1.82) is 0 Å². The van der Waals surface area contributed by atoms with E-state index in [9.17, 15) is 4.79 Å². The molecule has 102 valence electrons. The first-order valence-electron chi connectivity index (χ1n) is 6.29. The number of para-hydroxylation sites is 1. The lowest BCUT2D eigenvalue weighted by Crippen LogP contribution is -2.24. The average molecular weight is 294 g/mol. The van der Waals surface area contributed by atoms with Crippen molar-refractivity contribution < 1.29 is 4.79 Å². The maximum absolute atomic E-state index is 12.2. The zero-order valence-corrected chi connectivity index (χ0v) is 13.0. The third-order valence-corrected chi connectivity index (χ3v) is 5.24. The van der Waals surface area contributed by atoms with Gasteiger partial charge in [-0.05, 0) is 31.9 Å². The summed E-state index contributed by atoms with van der Waals surface area (Å²) < 4.78 is 1.03. The number of carbonyl (C=O) groups is 1. The summed E-state index contributed by atoms with van der Waals surface area (Å²) in [6, 6.07) is 6.02. The lowest BCUT2D eigenvalue weighted by atomic mass is 10.1. The largest absolute Gasteiger partial charge is 0.325 e. The molecule has 0 aromatic heterocycles. The van der Waals surface area contributed by atoms with E-state index in [1.54, 1.807) is 23.5 Å². The quantitative estimate of drug-likeness (QED) is 0.928. The highest BCUT2D eigenvalue weighted by Crippen LogP contribution is 2.27. The van der Waals surface area contributed by atoms with Crippen LogP contribution < -0.4 is 5.32 Å². The molecule has 19 heavy (non-hydrogen) atoms. The monoisotopic (exact) mass is 294 g/mol. The predicted octanol–water partition coefficient (Wildman–Crippen LogP) is 3.47. The third-order valence-electron chi connectivity index (χ3n) is 2.93. The molecule has 5 heteroatoms. The average Bonchev–Trinajstić information content (AvgIpc) is 2.86. The van der Waals surface area contributed by atoms with Gasteiger partial charge in [-0.2, -0.15) is 0 Å². The van der Waals surface area contributed by atoms with E-state index in [-0.39, 0.29) is 11.2 Å². The van der Waals surface area contributed by atoms with Crippen LogP contribution >= 0.6 is 23.5 Å². The Hall–Kier alpha value is -0.940. The Morgan fingerprint density at radius 1 is 1.42 bits per heavy atom. The Balaban J connectivity index is 2.00. The van der Waals surface area contributed by atoms with Gasteiger partial charge in [0, 0.05) is 11.4 Å². The van der Waals surface area contributed by atoms with Gasteiger partial charge in [0.15, 0.2) is 0 Å². The van der Waals surface area contributed by atoms with E-state index in [1.807, 2.05) is 39.0 Å². The van der Waals surface area contributed by atoms with Crippen LogP contribution in [-0.4, -0.2) is 27.8 Å². The van der Waals surface area contributed by atoms with Crippen LogP contribution in [0.2, 0.25) is 0 Å². The highest BCUT2D eigenvalue weighted by molar-refractivity contribution is 8.39. The number of thioether (sulfide) groups is 2. The summed E-state index contributed by atoms with van der Waals surface area (Å²) >= 11 is 3.28. The Kier molecular flexibility index (Phi) is 4.93. The molecule has 1 heterocycles. The van der Waals surface area contributed by atoms with E-state index in [1.165, 1.54) is 0 Å². The van der Waals surface area contributed by atoms with E-state index in [0.717, 1.165) is 33.5 Å². The van der Waals surface area contributed by atoms with E-state index in [2.05, 4.69) is 10.3 Å². The summed E-state index contributed by atoms with van der Waals surface area (Å²) in [4.78, 5) is 16.6. The van der Waals surface area contributed by atoms with Crippen molar-refractivity contribution >= 4 is 39.5 Å². The van der Waals surface area contributed by atoms with Gasteiger partial charge in [0.25, 0.3) is 0 Å². The molecule has 1 amide bonds. The molecule has 3 nitrogen and oxygen atoms in total. The molecule has 1 aromatic rings. The number of nitrogens with zero attached hydrogens (tertiary/aromatic N) is 1. The normalized spacial score (nSPS) is 16.1. The fraction of sp³-hybridized carbons (Fsp3) is 0.429. The third kappa shape index (κ3) is 3.76. The predicted molar refractivity (Wildman–Crippen MR) is 86.4 cm³/mol. The van der Waals surface area contributed by atoms with Gasteiger partial charge in [-0.1, -0.05) is 41.7 Å². The standard InChI is InChI=1S/C14H18N2OS2/c1-9-5-4-6-10(2)12(9)16-13(17)11(3)19-14-15-7-8-18-14/h4-6,11H,7-8H2,1-3H3,(H,16,17). The summed E-state index contributed by atoms with van der Waals surface area (Å²) in [7, 11) is 0. The second-order valence-corrected chi connectivity index (χ2v) is 7.18. The number of anilines is 1. The lowest BCUT2D eigenvalue weighted by Gasteiger charge is -2.15. The van der Waals surface area contributed by atoms with Crippen LogP contribution in [-0.2, 0) is 4.79 Å². The minimum Gasteiger partial charge on any atom is -0.325 e. The van der Waals surface area contributed by atoms with Crippen LogP contribution in [0.25, 0.3) is 0 Å².